The number of phenolic OH excluding ortho intramolecular Hbond substituents is 1. The predicted molar refractivity (Wildman–Crippen MR) is 62.8 cm³/mol. The van der Waals surface area contributed by atoms with Crippen molar-refractivity contribution >= 4 is 5.97 Å². The van der Waals surface area contributed by atoms with Crippen LogP contribution in [-0.2, 0) is 16.4 Å². The van der Waals surface area contributed by atoms with Crippen LogP contribution in [0.4, 0.5) is 13.2 Å². The number of carboxylic acid groups (broad SMARTS) is 1. The van der Waals surface area contributed by atoms with Crippen molar-refractivity contribution in [2.45, 2.75) is 30.9 Å². The van der Waals surface area contributed by atoms with Crippen LogP contribution in [0.2, 0.25) is 0 Å². The average molecular weight is 290 g/mol. The second kappa shape index (κ2) is 4.57. The molecule has 0 amide bonds. The minimum absolute atomic E-state index is 0.0122. The van der Waals surface area contributed by atoms with E-state index in [1.165, 1.54) is 0 Å². The maximum atomic E-state index is 12.9. The first-order chi connectivity index (χ1) is 9.22. The highest BCUT2D eigenvalue weighted by molar-refractivity contribution is 5.83. The SMILES string of the molecule is COc1cc(C2(C(=O)O)CCC2)cc(C(F)(F)F)c1O. The standard InChI is InChI=1S/C13H13F3O4/c1-20-9-6-7(12(11(18)19)3-2-4-12)5-8(10(9)17)13(14,15)16/h5-6,17H,2-4H2,1H3,(H,18,19). The predicted octanol–water partition coefficient (Wildman–Crippen LogP) is 2.93. The third-order valence-electron chi connectivity index (χ3n) is 3.77. The van der Waals surface area contributed by atoms with Gasteiger partial charge in [0.15, 0.2) is 11.5 Å². The molecule has 0 atom stereocenters. The molecule has 0 unspecified atom stereocenters. The lowest BCUT2D eigenvalue weighted by molar-refractivity contribution is -0.148. The Morgan fingerprint density at radius 2 is 1.95 bits per heavy atom. The van der Waals surface area contributed by atoms with E-state index in [-0.39, 0.29) is 24.2 Å². The van der Waals surface area contributed by atoms with Crippen molar-refractivity contribution in [2.75, 3.05) is 7.11 Å². The number of rotatable bonds is 3. The number of aliphatic carboxylic acids is 1. The largest absolute Gasteiger partial charge is 0.504 e. The van der Waals surface area contributed by atoms with E-state index in [4.69, 9.17) is 4.74 Å². The number of methoxy groups -OCH3 is 1. The van der Waals surface area contributed by atoms with Crippen LogP contribution in [0.1, 0.15) is 30.4 Å². The molecule has 0 radical (unpaired) electrons. The second-order valence-corrected chi connectivity index (χ2v) is 4.81. The lowest BCUT2D eigenvalue weighted by atomic mass is 9.64. The first-order valence-corrected chi connectivity index (χ1v) is 5.94. The summed E-state index contributed by atoms with van der Waals surface area (Å²) in [6, 6.07) is 1.86. The molecular formula is C13H13F3O4. The Labute approximate surface area is 112 Å². The topological polar surface area (TPSA) is 66.8 Å². The maximum absolute atomic E-state index is 12.9. The lowest BCUT2D eigenvalue weighted by Crippen LogP contribution is -2.42. The molecule has 1 saturated carbocycles. The Morgan fingerprint density at radius 1 is 1.35 bits per heavy atom. The Hall–Kier alpha value is -1.92. The second-order valence-electron chi connectivity index (χ2n) is 4.81. The molecule has 2 N–H and O–H groups in total. The fraction of sp³-hybridized carbons (Fsp3) is 0.462. The van der Waals surface area contributed by atoms with Crippen LogP contribution >= 0.6 is 0 Å². The number of halogens is 3. The van der Waals surface area contributed by atoms with E-state index in [1.54, 1.807) is 0 Å². The van der Waals surface area contributed by atoms with Gasteiger partial charge in [-0.25, -0.2) is 0 Å². The molecule has 0 spiro atoms. The molecule has 1 aliphatic carbocycles. The van der Waals surface area contributed by atoms with Crippen molar-refractivity contribution in [3.8, 4) is 11.5 Å². The van der Waals surface area contributed by atoms with Crippen molar-refractivity contribution in [2.24, 2.45) is 0 Å². The molecule has 2 rings (SSSR count). The molecule has 1 aromatic carbocycles. The molecule has 0 saturated heterocycles. The molecule has 7 heteroatoms. The Morgan fingerprint density at radius 3 is 2.30 bits per heavy atom. The van der Waals surface area contributed by atoms with Crippen molar-refractivity contribution < 1.29 is 32.9 Å². The minimum Gasteiger partial charge on any atom is -0.504 e. The van der Waals surface area contributed by atoms with Crippen LogP contribution in [0.3, 0.4) is 0 Å². The van der Waals surface area contributed by atoms with Crippen LogP contribution in [0, 0.1) is 0 Å². The molecular weight excluding hydrogens is 277 g/mol. The van der Waals surface area contributed by atoms with Crippen LogP contribution in [0.15, 0.2) is 12.1 Å². The molecule has 1 fully saturated rings. The summed E-state index contributed by atoms with van der Waals surface area (Å²) in [5.74, 6) is -2.56. The van der Waals surface area contributed by atoms with Gasteiger partial charge in [0.1, 0.15) is 5.56 Å². The van der Waals surface area contributed by atoms with E-state index in [0.717, 1.165) is 13.2 Å². The van der Waals surface area contributed by atoms with Crippen molar-refractivity contribution in [3.05, 3.63) is 23.3 Å². The highest BCUT2D eigenvalue weighted by Gasteiger charge is 2.48. The smallest absolute Gasteiger partial charge is 0.420 e. The van der Waals surface area contributed by atoms with Gasteiger partial charge in [-0.05, 0) is 30.5 Å². The van der Waals surface area contributed by atoms with Crippen molar-refractivity contribution in [1.82, 2.24) is 0 Å². The highest BCUT2D eigenvalue weighted by atomic mass is 19.4. The minimum atomic E-state index is -4.78. The molecule has 110 valence electrons. The summed E-state index contributed by atoms with van der Waals surface area (Å²) in [5, 5.41) is 18.8. The zero-order valence-electron chi connectivity index (χ0n) is 10.6. The van der Waals surface area contributed by atoms with Gasteiger partial charge < -0.3 is 14.9 Å². The molecule has 4 nitrogen and oxygen atoms in total. The van der Waals surface area contributed by atoms with E-state index in [2.05, 4.69) is 0 Å². The fourth-order valence-corrected chi connectivity index (χ4v) is 2.41. The average Bonchev–Trinajstić information content (AvgIpc) is 2.27. The third-order valence-corrected chi connectivity index (χ3v) is 3.77. The Bertz CT molecular complexity index is 547. The van der Waals surface area contributed by atoms with E-state index >= 15 is 0 Å². The number of hydrogen-bond acceptors (Lipinski definition) is 3. The monoisotopic (exact) mass is 290 g/mol. The number of carboxylic acids is 1. The van der Waals surface area contributed by atoms with Gasteiger partial charge in [-0.15, -0.1) is 0 Å². The molecule has 20 heavy (non-hydrogen) atoms. The van der Waals surface area contributed by atoms with Gasteiger partial charge in [-0.3, -0.25) is 4.79 Å². The Balaban J connectivity index is 2.64. The van der Waals surface area contributed by atoms with E-state index in [9.17, 15) is 28.2 Å². The van der Waals surface area contributed by atoms with Gasteiger partial charge in [0.25, 0.3) is 0 Å². The number of benzene rings is 1. The van der Waals surface area contributed by atoms with Crippen molar-refractivity contribution in [3.63, 3.8) is 0 Å². The fourth-order valence-electron chi connectivity index (χ4n) is 2.41. The van der Waals surface area contributed by atoms with Crippen molar-refractivity contribution in [1.29, 1.82) is 0 Å². The molecule has 0 heterocycles. The molecule has 0 bridgehead atoms. The number of aromatic hydroxyl groups is 1. The molecule has 0 aromatic heterocycles. The van der Waals surface area contributed by atoms with Crippen LogP contribution < -0.4 is 4.74 Å². The third kappa shape index (κ3) is 2.07. The lowest BCUT2D eigenvalue weighted by Gasteiger charge is -2.38. The van der Waals surface area contributed by atoms with Gasteiger partial charge in [0.05, 0.1) is 12.5 Å². The summed E-state index contributed by atoms with van der Waals surface area (Å²) in [7, 11) is 1.12. The molecule has 1 aromatic rings. The van der Waals surface area contributed by atoms with Gasteiger partial charge in [-0.1, -0.05) is 6.42 Å². The zero-order chi connectivity index (χ0) is 15.1. The highest BCUT2D eigenvalue weighted by Crippen LogP contribution is 2.49. The summed E-state index contributed by atoms with van der Waals surface area (Å²) in [6.45, 7) is 0. The maximum Gasteiger partial charge on any atom is 0.420 e. The molecule has 0 aliphatic heterocycles. The van der Waals surface area contributed by atoms with E-state index < -0.39 is 28.9 Å². The number of alkyl halides is 3. The number of phenols is 1. The quantitative estimate of drug-likeness (QED) is 0.898. The van der Waals surface area contributed by atoms with Crippen LogP contribution in [0.5, 0.6) is 11.5 Å². The van der Waals surface area contributed by atoms with E-state index in [0.29, 0.717) is 12.5 Å². The van der Waals surface area contributed by atoms with Gasteiger partial charge in [0.2, 0.25) is 0 Å². The summed E-state index contributed by atoms with van der Waals surface area (Å²) in [6.07, 6.45) is -3.60. The van der Waals surface area contributed by atoms with E-state index in [1.807, 2.05) is 0 Å². The normalized spacial score (nSPS) is 17.4. The molecule has 1 aliphatic rings. The van der Waals surface area contributed by atoms with Gasteiger partial charge >= 0.3 is 12.1 Å². The first kappa shape index (κ1) is 14.5. The van der Waals surface area contributed by atoms with Crippen LogP contribution in [0.25, 0.3) is 0 Å². The van der Waals surface area contributed by atoms with Crippen LogP contribution in [-0.4, -0.2) is 23.3 Å². The first-order valence-electron chi connectivity index (χ1n) is 5.94. The zero-order valence-corrected chi connectivity index (χ0v) is 10.6. The van der Waals surface area contributed by atoms with Gasteiger partial charge in [-0.2, -0.15) is 13.2 Å². The number of ether oxygens (including phenoxy) is 1. The summed E-state index contributed by atoms with van der Waals surface area (Å²) in [4.78, 5) is 11.4. The Kier molecular flexibility index (Phi) is 3.31. The summed E-state index contributed by atoms with van der Waals surface area (Å²) >= 11 is 0. The summed E-state index contributed by atoms with van der Waals surface area (Å²) < 4.78 is 43.4. The van der Waals surface area contributed by atoms with Gasteiger partial charge in [0, 0.05) is 0 Å². The number of hydrogen-bond donors (Lipinski definition) is 2. The number of carbonyl (C=O) groups is 1. The summed E-state index contributed by atoms with van der Waals surface area (Å²) in [5.41, 5.74) is -2.58.